The Bertz CT molecular complexity index is 511. The Morgan fingerprint density at radius 1 is 1.06 bits per heavy atom. The molecule has 1 aliphatic carbocycles. The Balaban J connectivity index is 1.96. The summed E-state index contributed by atoms with van der Waals surface area (Å²) in [6.45, 7) is 2.22. The number of benzene rings is 2. The molecule has 2 aromatic rings. The van der Waals surface area contributed by atoms with Gasteiger partial charge in [0.25, 0.3) is 0 Å². The summed E-state index contributed by atoms with van der Waals surface area (Å²) in [6, 6.07) is 17.8. The lowest BCUT2D eigenvalue weighted by Crippen LogP contribution is -2.17. The zero-order chi connectivity index (χ0) is 11.0. The summed E-state index contributed by atoms with van der Waals surface area (Å²) in [6.07, 6.45) is 2.34. The van der Waals surface area contributed by atoms with E-state index in [1.807, 2.05) is 0 Å². The van der Waals surface area contributed by atoms with Crippen LogP contribution in [0.2, 0.25) is 0 Å². The van der Waals surface area contributed by atoms with Crippen molar-refractivity contribution in [3.05, 3.63) is 70.8 Å². The largest absolute Gasteiger partial charge is 0.0620 e. The summed E-state index contributed by atoms with van der Waals surface area (Å²) in [5.74, 6) is 0.641. The molecule has 1 atom stereocenters. The van der Waals surface area contributed by atoms with Crippen molar-refractivity contribution in [3.63, 3.8) is 0 Å². The van der Waals surface area contributed by atoms with Crippen LogP contribution < -0.4 is 0 Å². The second-order valence-corrected chi connectivity index (χ2v) is 4.55. The Hall–Kier alpha value is -1.56. The predicted molar refractivity (Wildman–Crippen MR) is 67.8 cm³/mol. The van der Waals surface area contributed by atoms with E-state index in [0.29, 0.717) is 5.92 Å². The highest BCUT2D eigenvalue weighted by atomic mass is 14.3. The van der Waals surface area contributed by atoms with Gasteiger partial charge in [-0.15, -0.1) is 0 Å². The van der Waals surface area contributed by atoms with E-state index < -0.39 is 0 Å². The van der Waals surface area contributed by atoms with Gasteiger partial charge in [0, 0.05) is 5.92 Å². The first-order valence-electron chi connectivity index (χ1n) is 6.05. The number of aryl methyl sites for hydroxylation is 1. The number of rotatable bonds is 2. The van der Waals surface area contributed by atoms with Gasteiger partial charge in [0.05, 0.1) is 0 Å². The highest BCUT2D eigenvalue weighted by Gasteiger charge is 2.26. The van der Waals surface area contributed by atoms with E-state index in [1.165, 1.54) is 28.7 Å². The molecule has 0 nitrogen and oxygen atoms in total. The van der Waals surface area contributed by atoms with Crippen LogP contribution in [0.3, 0.4) is 0 Å². The highest BCUT2D eigenvalue weighted by molar-refractivity contribution is 5.47. The highest BCUT2D eigenvalue weighted by Crippen LogP contribution is 2.39. The Morgan fingerprint density at radius 2 is 1.94 bits per heavy atom. The molecule has 0 radical (unpaired) electrons. The van der Waals surface area contributed by atoms with E-state index in [4.69, 9.17) is 0 Å². The third kappa shape index (κ3) is 1.46. The summed E-state index contributed by atoms with van der Waals surface area (Å²) in [7, 11) is 0. The SMILES string of the molecule is CCc1cccc(C2Cc3ccccc32)c1. The van der Waals surface area contributed by atoms with Crippen LogP contribution in [-0.4, -0.2) is 0 Å². The first kappa shape index (κ1) is 9.65. The van der Waals surface area contributed by atoms with Gasteiger partial charge >= 0.3 is 0 Å². The summed E-state index contributed by atoms with van der Waals surface area (Å²) >= 11 is 0. The van der Waals surface area contributed by atoms with Gasteiger partial charge in [-0.2, -0.15) is 0 Å². The molecule has 3 rings (SSSR count). The zero-order valence-corrected chi connectivity index (χ0v) is 9.61. The summed E-state index contributed by atoms with van der Waals surface area (Å²) in [5, 5.41) is 0. The van der Waals surface area contributed by atoms with Crippen LogP contribution in [0.25, 0.3) is 0 Å². The normalized spacial score (nSPS) is 17.7. The minimum absolute atomic E-state index is 0.641. The molecule has 80 valence electrons. The average molecular weight is 208 g/mol. The molecule has 0 spiro atoms. The van der Waals surface area contributed by atoms with Gasteiger partial charge in [-0.3, -0.25) is 0 Å². The molecule has 0 amide bonds. The summed E-state index contributed by atoms with van der Waals surface area (Å²) in [4.78, 5) is 0. The topological polar surface area (TPSA) is 0 Å². The molecule has 0 aliphatic heterocycles. The third-order valence-electron chi connectivity index (χ3n) is 3.62. The van der Waals surface area contributed by atoms with E-state index >= 15 is 0 Å². The molecule has 0 heteroatoms. The van der Waals surface area contributed by atoms with Crippen LogP contribution in [0, 0.1) is 0 Å². The van der Waals surface area contributed by atoms with Crippen molar-refractivity contribution in [1.29, 1.82) is 0 Å². The quantitative estimate of drug-likeness (QED) is 0.701. The van der Waals surface area contributed by atoms with Gasteiger partial charge in [0.15, 0.2) is 0 Å². The minimum atomic E-state index is 0.641. The van der Waals surface area contributed by atoms with E-state index in [-0.39, 0.29) is 0 Å². The zero-order valence-electron chi connectivity index (χ0n) is 9.61. The van der Waals surface area contributed by atoms with E-state index in [0.717, 1.165) is 6.42 Å². The number of hydrogen-bond acceptors (Lipinski definition) is 0. The van der Waals surface area contributed by atoms with Crippen molar-refractivity contribution >= 4 is 0 Å². The van der Waals surface area contributed by atoms with E-state index in [2.05, 4.69) is 55.5 Å². The molecule has 1 aliphatic rings. The van der Waals surface area contributed by atoms with Crippen molar-refractivity contribution in [2.75, 3.05) is 0 Å². The average Bonchev–Trinajstić information content (AvgIpc) is 2.31. The summed E-state index contributed by atoms with van der Waals surface area (Å²) in [5.41, 5.74) is 5.98. The van der Waals surface area contributed by atoms with Gasteiger partial charge < -0.3 is 0 Å². The molecule has 0 heterocycles. The van der Waals surface area contributed by atoms with Gasteiger partial charge in [0.2, 0.25) is 0 Å². The van der Waals surface area contributed by atoms with Crippen LogP contribution in [-0.2, 0) is 12.8 Å². The molecular formula is C16H16. The van der Waals surface area contributed by atoms with Crippen LogP contribution in [0.5, 0.6) is 0 Å². The number of fused-ring (bicyclic) bond motifs is 1. The van der Waals surface area contributed by atoms with E-state index in [9.17, 15) is 0 Å². The van der Waals surface area contributed by atoms with Gasteiger partial charge in [-0.1, -0.05) is 55.5 Å². The van der Waals surface area contributed by atoms with Crippen LogP contribution >= 0.6 is 0 Å². The fourth-order valence-corrected chi connectivity index (χ4v) is 2.59. The van der Waals surface area contributed by atoms with Crippen LogP contribution in [0.4, 0.5) is 0 Å². The Morgan fingerprint density at radius 3 is 2.75 bits per heavy atom. The predicted octanol–water partition coefficient (Wildman–Crippen LogP) is 3.94. The molecule has 0 fully saturated rings. The van der Waals surface area contributed by atoms with Gasteiger partial charge in [0.1, 0.15) is 0 Å². The maximum atomic E-state index is 2.36. The van der Waals surface area contributed by atoms with Crippen molar-refractivity contribution in [1.82, 2.24) is 0 Å². The molecule has 16 heavy (non-hydrogen) atoms. The second-order valence-electron chi connectivity index (χ2n) is 4.55. The van der Waals surface area contributed by atoms with Crippen molar-refractivity contribution in [2.45, 2.75) is 25.7 Å². The lowest BCUT2D eigenvalue weighted by molar-refractivity contribution is 0.707. The lowest BCUT2D eigenvalue weighted by Gasteiger charge is -2.30. The van der Waals surface area contributed by atoms with E-state index in [1.54, 1.807) is 0 Å². The van der Waals surface area contributed by atoms with Gasteiger partial charge in [-0.25, -0.2) is 0 Å². The first-order chi connectivity index (χ1) is 7.88. The molecule has 0 aromatic heterocycles. The van der Waals surface area contributed by atoms with Crippen LogP contribution in [0.15, 0.2) is 48.5 Å². The fourth-order valence-electron chi connectivity index (χ4n) is 2.59. The molecule has 0 saturated carbocycles. The Labute approximate surface area is 96.9 Å². The molecule has 0 N–H and O–H groups in total. The van der Waals surface area contributed by atoms with Crippen LogP contribution in [0.1, 0.15) is 35.1 Å². The third-order valence-corrected chi connectivity index (χ3v) is 3.62. The monoisotopic (exact) mass is 208 g/mol. The van der Waals surface area contributed by atoms with Crippen molar-refractivity contribution < 1.29 is 0 Å². The minimum Gasteiger partial charge on any atom is -0.0620 e. The summed E-state index contributed by atoms with van der Waals surface area (Å²) < 4.78 is 0. The first-order valence-corrected chi connectivity index (χ1v) is 6.05. The molecular weight excluding hydrogens is 192 g/mol. The maximum absolute atomic E-state index is 2.36. The van der Waals surface area contributed by atoms with Gasteiger partial charge in [-0.05, 0) is 35.1 Å². The smallest absolute Gasteiger partial charge is 0.0133 e. The second kappa shape index (κ2) is 3.79. The fraction of sp³-hybridized carbons (Fsp3) is 0.250. The molecule has 0 saturated heterocycles. The molecule has 1 unspecified atom stereocenters. The Kier molecular flexibility index (Phi) is 2.28. The standard InChI is InChI=1S/C16H16/c1-2-12-6-5-8-13(10-12)16-11-14-7-3-4-9-15(14)16/h3-10,16H,2,11H2,1H3. The molecule has 2 aromatic carbocycles. The number of hydrogen-bond donors (Lipinski definition) is 0. The van der Waals surface area contributed by atoms with Crippen molar-refractivity contribution in [3.8, 4) is 0 Å². The maximum Gasteiger partial charge on any atom is 0.0133 e. The lowest BCUT2D eigenvalue weighted by atomic mass is 9.73. The molecule has 0 bridgehead atoms. The van der Waals surface area contributed by atoms with Crippen molar-refractivity contribution in [2.24, 2.45) is 0 Å².